The van der Waals surface area contributed by atoms with Crippen molar-refractivity contribution < 1.29 is 19.0 Å². The maximum absolute atomic E-state index is 12.0. The molecule has 6 nitrogen and oxygen atoms in total. The Labute approximate surface area is 130 Å². The largest absolute Gasteiger partial charge is 0.454 e. The number of methoxy groups -OCH3 is 1. The van der Waals surface area contributed by atoms with Crippen LogP contribution in [0.3, 0.4) is 0 Å². The first-order valence-electron chi connectivity index (χ1n) is 6.49. The number of hydrogen-bond acceptors (Lipinski definition) is 5. The highest BCUT2D eigenvalue weighted by Gasteiger charge is 2.17. The smallest absolute Gasteiger partial charge is 0.231 e. The maximum Gasteiger partial charge on any atom is 0.231 e. The molecule has 1 atom stereocenters. The predicted molar refractivity (Wildman–Crippen MR) is 80.8 cm³/mol. The van der Waals surface area contributed by atoms with Crippen molar-refractivity contribution in [2.75, 3.05) is 27.5 Å². The van der Waals surface area contributed by atoms with Crippen LogP contribution in [0.25, 0.3) is 0 Å². The molecule has 0 spiro atoms. The molecular weight excluding hydrogens is 296 g/mol. The summed E-state index contributed by atoms with van der Waals surface area (Å²) < 4.78 is 15.7. The molecule has 0 radical (unpaired) electrons. The number of ether oxygens (including phenoxy) is 3. The lowest BCUT2D eigenvalue weighted by Crippen LogP contribution is -2.33. The summed E-state index contributed by atoms with van der Waals surface area (Å²) in [6.07, 6.45) is 0.0512. The molecule has 1 aliphatic rings. The second kappa shape index (κ2) is 8.07. The van der Waals surface area contributed by atoms with Crippen LogP contribution < -0.4 is 15.2 Å². The lowest BCUT2D eigenvalue weighted by molar-refractivity contribution is -0.132. The Morgan fingerprint density at radius 1 is 1.43 bits per heavy atom. The number of halogens is 1. The van der Waals surface area contributed by atoms with Gasteiger partial charge in [0.05, 0.1) is 12.5 Å². The second-order valence-corrected chi connectivity index (χ2v) is 4.73. The van der Waals surface area contributed by atoms with Crippen molar-refractivity contribution >= 4 is 18.3 Å². The molecule has 0 fully saturated rings. The van der Waals surface area contributed by atoms with Crippen molar-refractivity contribution in [3.05, 3.63) is 23.8 Å². The summed E-state index contributed by atoms with van der Waals surface area (Å²) in [7, 11) is 3.32. The molecule has 1 amide bonds. The predicted octanol–water partition coefficient (Wildman–Crippen LogP) is 1.16. The Balaban J connectivity index is 0.00000220. The van der Waals surface area contributed by atoms with Crippen molar-refractivity contribution in [1.82, 2.24) is 4.90 Å². The number of carbonyl (C=O) groups is 1. The minimum Gasteiger partial charge on any atom is -0.454 e. The second-order valence-electron chi connectivity index (χ2n) is 4.73. The zero-order chi connectivity index (χ0) is 14.5. The van der Waals surface area contributed by atoms with Gasteiger partial charge in [-0.1, -0.05) is 6.07 Å². The molecule has 1 unspecified atom stereocenters. The van der Waals surface area contributed by atoms with Crippen molar-refractivity contribution in [3.8, 4) is 11.5 Å². The van der Waals surface area contributed by atoms with Crippen LogP contribution in [0.5, 0.6) is 11.5 Å². The first kappa shape index (κ1) is 17.6. The van der Waals surface area contributed by atoms with E-state index >= 15 is 0 Å². The van der Waals surface area contributed by atoms with Crippen LogP contribution in [-0.2, 0) is 16.1 Å². The molecule has 1 aliphatic heterocycles. The molecule has 0 aromatic heterocycles. The molecule has 0 bridgehead atoms. The number of hydrogen-bond donors (Lipinski definition) is 1. The third kappa shape index (κ3) is 4.49. The number of carbonyl (C=O) groups excluding carboxylic acids is 1. The molecule has 2 rings (SSSR count). The fraction of sp³-hybridized carbons (Fsp3) is 0.500. The molecular formula is C14H21ClN2O4. The molecule has 0 saturated heterocycles. The topological polar surface area (TPSA) is 74.0 Å². The van der Waals surface area contributed by atoms with E-state index in [4.69, 9.17) is 19.9 Å². The molecule has 21 heavy (non-hydrogen) atoms. The molecule has 2 N–H and O–H groups in total. The number of fused-ring (bicyclic) bond motifs is 1. The molecule has 0 saturated carbocycles. The normalized spacial score (nSPS) is 13.5. The minimum atomic E-state index is -0.235. The summed E-state index contributed by atoms with van der Waals surface area (Å²) in [5.41, 5.74) is 6.51. The zero-order valence-electron chi connectivity index (χ0n) is 12.2. The van der Waals surface area contributed by atoms with Crippen LogP contribution in [-0.4, -0.2) is 44.4 Å². The highest BCUT2D eigenvalue weighted by atomic mass is 35.5. The van der Waals surface area contributed by atoms with Gasteiger partial charge >= 0.3 is 0 Å². The SMILES string of the molecule is COC(CN)CC(=O)N(C)Cc1ccc2c(c1)OCO2.Cl. The van der Waals surface area contributed by atoms with Crippen LogP contribution in [0.2, 0.25) is 0 Å². The van der Waals surface area contributed by atoms with Gasteiger partial charge in [0.2, 0.25) is 12.7 Å². The van der Waals surface area contributed by atoms with E-state index in [1.54, 1.807) is 19.1 Å². The highest BCUT2D eigenvalue weighted by Crippen LogP contribution is 2.32. The first-order valence-corrected chi connectivity index (χ1v) is 6.49. The third-order valence-corrected chi connectivity index (χ3v) is 3.28. The van der Waals surface area contributed by atoms with E-state index in [2.05, 4.69) is 0 Å². The van der Waals surface area contributed by atoms with Gasteiger partial charge in [0, 0.05) is 27.2 Å². The maximum atomic E-state index is 12.0. The van der Waals surface area contributed by atoms with Crippen LogP contribution in [0, 0.1) is 0 Å². The summed E-state index contributed by atoms with van der Waals surface area (Å²) in [4.78, 5) is 13.7. The van der Waals surface area contributed by atoms with E-state index in [1.807, 2.05) is 18.2 Å². The number of nitrogens with two attached hydrogens (primary N) is 1. The fourth-order valence-electron chi connectivity index (χ4n) is 2.01. The highest BCUT2D eigenvalue weighted by molar-refractivity contribution is 5.85. The molecule has 7 heteroatoms. The molecule has 1 aromatic carbocycles. The van der Waals surface area contributed by atoms with Gasteiger partial charge in [-0.3, -0.25) is 4.79 Å². The zero-order valence-corrected chi connectivity index (χ0v) is 13.0. The Morgan fingerprint density at radius 3 is 2.81 bits per heavy atom. The van der Waals surface area contributed by atoms with Gasteiger partial charge in [-0.2, -0.15) is 0 Å². The Hall–Kier alpha value is -1.50. The van der Waals surface area contributed by atoms with Gasteiger partial charge in [0.1, 0.15) is 0 Å². The number of amides is 1. The van der Waals surface area contributed by atoms with Gasteiger partial charge in [-0.25, -0.2) is 0 Å². The number of rotatable bonds is 6. The summed E-state index contributed by atoms with van der Waals surface area (Å²) in [5.74, 6) is 1.46. The Bertz CT molecular complexity index is 480. The molecule has 1 heterocycles. The van der Waals surface area contributed by atoms with Crippen LogP contribution in [0.15, 0.2) is 18.2 Å². The monoisotopic (exact) mass is 316 g/mol. The summed E-state index contributed by atoms with van der Waals surface area (Å²) in [6.45, 7) is 1.09. The van der Waals surface area contributed by atoms with Gasteiger partial charge in [-0.15, -0.1) is 12.4 Å². The van der Waals surface area contributed by atoms with E-state index in [-0.39, 0.29) is 37.6 Å². The van der Waals surface area contributed by atoms with Crippen molar-refractivity contribution in [2.24, 2.45) is 5.73 Å². The standard InChI is InChI=1S/C14H20N2O4.ClH/c1-16(14(17)6-11(7-15)18-2)8-10-3-4-12-13(5-10)20-9-19-12;/h3-5,11H,6-9,15H2,1-2H3;1H. The summed E-state index contributed by atoms with van der Waals surface area (Å²) >= 11 is 0. The van der Waals surface area contributed by atoms with Gasteiger partial charge in [0.25, 0.3) is 0 Å². The fourth-order valence-corrected chi connectivity index (χ4v) is 2.01. The molecule has 1 aromatic rings. The quantitative estimate of drug-likeness (QED) is 0.852. The lowest BCUT2D eigenvalue weighted by atomic mass is 10.1. The van der Waals surface area contributed by atoms with E-state index in [1.165, 1.54) is 0 Å². The van der Waals surface area contributed by atoms with Crippen LogP contribution in [0.1, 0.15) is 12.0 Å². The van der Waals surface area contributed by atoms with Crippen LogP contribution in [0.4, 0.5) is 0 Å². The summed E-state index contributed by atoms with van der Waals surface area (Å²) in [5, 5.41) is 0. The minimum absolute atomic E-state index is 0. The third-order valence-electron chi connectivity index (χ3n) is 3.28. The Kier molecular flexibility index (Phi) is 6.74. The van der Waals surface area contributed by atoms with E-state index in [0.717, 1.165) is 17.1 Å². The number of benzene rings is 1. The van der Waals surface area contributed by atoms with Gasteiger partial charge in [-0.05, 0) is 17.7 Å². The van der Waals surface area contributed by atoms with E-state index in [9.17, 15) is 4.79 Å². The molecule has 0 aliphatic carbocycles. The summed E-state index contributed by atoms with van der Waals surface area (Å²) in [6, 6.07) is 5.67. The lowest BCUT2D eigenvalue weighted by Gasteiger charge is -2.20. The van der Waals surface area contributed by atoms with E-state index in [0.29, 0.717) is 13.1 Å². The average Bonchev–Trinajstić information content (AvgIpc) is 2.91. The van der Waals surface area contributed by atoms with Crippen molar-refractivity contribution in [2.45, 2.75) is 19.1 Å². The van der Waals surface area contributed by atoms with Gasteiger partial charge < -0.3 is 24.8 Å². The van der Waals surface area contributed by atoms with Gasteiger partial charge in [0.15, 0.2) is 11.5 Å². The van der Waals surface area contributed by atoms with Crippen molar-refractivity contribution in [3.63, 3.8) is 0 Å². The average molecular weight is 317 g/mol. The number of nitrogens with zero attached hydrogens (tertiary/aromatic N) is 1. The van der Waals surface area contributed by atoms with Crippen LogP contribution >= 0.6 is 12.4 Å². The Morgan fingerprint density at radius 2 is 2.14 bits per heavy atom. The van der Waals surface area contributed by atoms with Crippen molar-refractivity contribution in [1.29, 1.82) is 0 Å². The van der Waals surface area contributed by atoms with E-state index < -0.39 is 0 Å². The first-order chi connectivity index (χ1) is 9.63. The molecule has 118 valence electrons.